The smallest absolute Gasteiger partial charge is 0.407 e. The molecule has 0 unspecified atom stereocenters. The second-order valence-electron chi connectivity index (χ2n) is 5.24. The quantitative estimate of drug-likeness (QED) is 0.824. The molecule has 2 atom stereocenters. The van der Waals surface area contributed by atoms with Gasteiger partial charge >= 0.3 is 6.09 Å². The SMILES string of the molecule is CC(C)(C)OC(=O)NC[C@@H]1CCSC[C@H]1C#N. The Balaban J connectivity index is 2.34. The van der Waals surface area contributed by atoms with Crippen molar-refractivity contribution in [2.24, 2.45) is 11.8 Å². The van der Waals surface area contributed by atoms with Gasteiger partial charge in [0, 0.05) is 12.3 Å². The number of amides is 1. The third-order valence-electron chi connectivity index (χ3n) is 2.57. The molecule has 1 saturated heterocycles. The van der Waals surface area contributed by atoms with Crippen LogP contribution in [0.15, 0.2) is 0 Å². The van der Waals surface area contributed by atoms with Crippen LogP contribution in [-0.2, 0) is 4.74 Å². The van der Waals surface area contributed by atoms with Gasteiger partial charge in [-0.2, -0.15) is 17.0 Å². The molecule has 96 valence electrons. The molecule has 5 heteroatoms. The lowest BCUT2D eigenvalue weighted by Crippen LogP contribution is -2.38. The van der Waals surface area contributed by atoms with Gasteiger partial charge in [0.15, 0.2) is 0 Å². The number of carbonyl (C=O) groups is 1. The van der Waals surface area contributed by atoms with Gasteiger partial charge in [-0.1, -0.05) is 0 Å². The zero-order valence-electron chi connectivity index (χ0n) is 10.7. The fourth-order valence-corrected chi connectivity index (χ4v) is 2.93. The second-order valence-corrected chi connectivity index (χ2v) is 6.39. The van der Waals surface area contributed by atoms with Crippen LogP contribution in [0.2, 0.25) is 0 Å². The molecule has 0 spiro atoms. The normalized spacial score (nSPS) is 24.8. The average Bonchev–Trinajstić information content (AvgIpc) is 2.24. The summed E-state index contributed by atoms with van der Waals surface area (Å²) in [4.78, 5) is 11.5. The maximum atomic E-state index is 11.5. The number of hydrogen-bond acceptors (Lipinski definition) is 4. The van der Waals surface area contributed by atoms with Crippen molar-refractivity contribution in [3.05, 3.63) is 0 Å². The van der Waals surface area contributed by atoms with E-state index in [1.165, 1.54) is 0 Å². The van der Waals surface area contributed by atoms with Crippen molar-refractivity contribution in [1.82, 2.24) is 5.32 Å². The van der Waals surface area contributed by atoms with E-state index in [-0.39, 0.29) is 11.8 Å². The van der Waals surface area contributed by atoms with Crippen molar-refractivity contribution in [2.75, 3.05) is 18.1 Å². The Morgan fingerprint density at radius 1 is 1.59 bits per heavy atom. The molecule has 17 heavy (non-hydrogen) atoms. The lowest BCUT2D eigenvalue weighted by Gasteiger charge is -2.27. The second kappa shape index (κ2) is 6.15. The van der Waals surface area contributed by atoms with Crippen LogP contribution in [-0.4, -0.2) is 29.7 Å². The number of alkyl carbamates (subject to hydrolysis) is 1. The fourth-order valence-electron chi connectivity index (χ4n) is 1.70. The van der Waals surface area contributed by atoms with Crippen molar-refractivity contribution in [3.63, 3.8) is 0 Å². The molecular formula is C12H20N2O2S. The monoisotopic (exact) mass is 256 g/mol. The summed E-state index contributed by atoms with van der Waals surface area (Å²) >= 11 is 1.81. The highest BCUT2D eigenvalue weighted by molar-refractivity contribution is 7.99. The first-order chi connectivity index (χ1) is 7.92. The Morgan fingerprint density at radius 2 is 2.29 bits per heavy atom. The van der Waals surface area contributed by atoms with Gasteiger partial charge in [0.25, 0.3) is 0 Å². The van der Waals surface area contributed by atoms with Crippen LogP contribution in [0.3, 0.4) is 0 Å². The van der Waals surface area contributed by atoms with E-state index in [0.717, 1.165) is 17.9 Å². The zero-order valence-corrected chi connectivity index (χ0v) is 11.5. The standard InChI is InChI=1S/C12H20N2O2S/c1-12(2,3)16-11(15)14-7-9-4-5-17-8-10(9)6-13/h9-10H,4-5,7-8H2,1-3H3,(H,14,15)/t9-,10+/m0/s1. The maximum Gasteiger partial charge on any atom is 0.407 e. The highest BCUT2D eigenvalue weighted by Gasteiger charge is 2.26. The first-order valence-electron chi connectivity index (χ1n) is 5.86. The summed E-state index contributed by atoms with van der Waals surface area (Å²) in [5, 5.41) is 11.8. The Morgan fingerprint density at radius 3 is 2.88 bits per heavy atom. The number of nitrogens with one attached hydrogen (secondary N) is 1. The van der Waals surface area contributed by atoms with Gasteiger partial charge in [0.05, 0.1) is 12.0 Å². The van der Waals surface area contributed by atoms with Gasteiger partial charge in [-0.25, -0.2) is 4.79 Å². The predicted molar refractivity (Wildman–Crippen MR) is 68.8 cm³/mol. The van der Waals surface area contributed by atoms with Crippen LogP contribution in [0.1, 0.15) is 27.2 Å². The average molecular weight is 256 g/mol. The summed E-state index contributed by atoms with van der Waals surface area (Å²) in [6.07, 6.45) is 0.589. The summed E-state index contributed by atoms with van der Waals surface area (Å²) in [5.74, 6) is 2.24. The molecule has 1 amide bonds. The van der Waals surface area contributed by atoms with E-state index in [1.54, 1.807) is 0 Å². The molecule has 1 aliphatic heterocycles. The third kappa shape index (κ3) is 5.31. The molecule has 0 saturated carbocycles. The molecule has 0 aliphatic carbocycles. The van der Waals surface area contributed by atoms with Gasteiger partial charge in [0.1, 0.15) is 5.60 Å². The van der Waals surface area contributed by atoms with Crippen LogP contribution >= 0.6 is 11.8 Å². The number of nitriles is 1. The van der Waals surface area contributed by atoms with Gasteiger partial charge in [-0.15, -0.1) is 0 Å². The Kier molecular flexibility index (Phi) is 5.13. The molecule has 0 bridgehead atoms. The Hall–Kier alpha value is -0.890. The van der Waals surface area contributed by atoms with E-state index < -0.39 is 11.7 Å². The van der Waals surface area contributed by atoms with E-state index in [2.05, 4.69) is 11.4 Å². The first kappa shape index (κ1) is 14.2. The van der Waals surface area contributed by atoms with E-state index in [9.17, 15) is 4.79 Å². The molecule has 1 heterocycles. The van der Waals surface area contributed by atoms with Crippen LogP contribution in [0, 0.1) is 23.2 Å². The van der Waals surface area contributed by atoms with Crippen molar-refractivity contribution in [3.8, 4) is 6.07 Å². The fraction of sp³-hybridized carbons (Fsp3) is 0.833. The van der Waals surface area contributed by atoms with E-state index in [1.807, 2.05) is 32.5 Å². The third-order valence-corrected chi connectivity index (χ3v) is 3.69. The Labute approximate surface area is 107 Å². The highest BCUT2D eigenvalue weighted by Crippen LogP contribution is 2.27. The number of ether oxygens (including phenoxy) is 1. The molecule has 1 aliphatic rings. The van der Waals surface area contributed by atoms with E-state index in [4.69, 9.17) is 10.00 Å². The van der Waals surface area contributed by atoms with Crippen molar-refractivity contribution < 1.29 is 9.53 Å². The summed E-state index contributed by atoms with van der Waals surface area (Å²) in [6.45, 7) is 6.04. The van der Waals surface area contributed by atoms with Crippen LogP contribution in [0.5, 0.6) is 0 Å². The zero-order chi connectivity index (χ0) is 12.9. The first-order valence-corrected chi connectivity index (χ1v) is 7.02. The molecule has 4 nitrogen and oxygen atoms in total. The van der Waals surface area contributed by atoms with E-state index >= 15 is 0 Å². The minimum Gasteiger partial charge on any atom is -0.444 e. The molecule has 0 aromatic carbocycles. The minimum atomic E-state index is -0.471. The van der Waals surface area contributed by atoms with Gasteiger partial charge in [0.2, 0.25) is 0 Å². The van der Waals surface area contributed by atoms with E-state index in [0.29, 0.717) is 6.54 Å². The van der Waals surface area contributed by atoms with Crippen molar-refractivity contribution >= 4 is 17.9 Å². The summed E-state index contributed by atoms with van der Waals surface area (Å²) in [6, 6.07) is 2.31. The van der Waals surface area contributed by atoms with Gasteiger partial charge in [-0.05, 0) is 38.9 Å². The topological polar surface area (TPSA) is 62.1 Å². The number of hydrogen-bond donors (Lipinski definition) is 1. The highest BCUT2D eigenvalue weighted by atomic mass is 32.2. The predicted octanol–water partition coefficient (Wildman–Crippen LogP) is 2.40. The molecule has 1 fully saturated rings. The number of nitrogens with zero attached hydrogens (tertiary/aromatic N) is 1. The minimum absolute atomic E-state index is 0.0451. The molecular weight excluding hydrogens is 236 g/mol. The summed E-state index contributed by atoms with van der Waals surface area (Å²) in [5.41, 5.74) is -0.471. The lowest BCUT2D eigenvalue weighted by atomic mass is 9.92. The molecule has 0 aromatic heterocycles. The van der Waals surface area contributed by atoms with Crippen LogP contribution in [0.25, 0.3) is 0 Å². The maximum absolute atomic E-state index is 11.5. The van der Waals surface area contributed by atoms with Gasteiger partial charge < -0.3 is 10.1 Å². The molecule has 1 N–H and O–H groups in total. The Bertz CT molecular complexity index is 307. The van der Waals surface area contributed by atoms with Crippen molar-refractivity contribution in [2.45, 2.75) is 32.8 Å². The summed E-state index contributed by atoms with van der Waals surface area (Å²) < 4.78 is 5.16. The van der Waals surface area contributed by atoms with Crippen molar-refractivity contribution in [1.29, 1.82) is 5.26 Å². The summed E-state index contributed by atoms with van der Waals surface area (Å²) in [7, 11) is 0. The molecule has 0 aromatic rings. The van der Waals surface area contributed by atoms with Gasteiger partial charge in [-0.3, -0.25) is 0 Å². The lowest BCUT2D eigenvalue weighted by molar-refractivity contribution is 0.0516. The number of thioether (sulfide) groups is 1. The van der Waals surface area contributed by atoms with Crippen LogP contribution in [0.4, 0.5) is 4.79 Å². The molecule has 1 rings (SSSR count). The number of rotatable bonds is 2. The largest absolute Gasteiger partial charge is 0.444 e. The molecule has 0 radical (unpaired) electrons. The number of carbonyl (C=O) groups excluding carboxylic acids is 1. The van der Waals surface area contributed by atoms with Crippen LogP contribution < -0.4 is 5.32 Å².